The number of rotatable bonds is 6. The Morgan fingerprint density at radius 3 is 2.55 bits per heavy atom. The Kier molecular flexibility index (Phi) is 6.34. The predicted molar refractivity (Wildman–Crippen MR) is 82.7 cm³/mol. The SMILES string of the molecule is Cc1ccc(CC(CCC(=O)O)NC(=O)OC(C)(C)C)cn1. The van der Waals surface area contributed by atoms with Crippen molar-refractivity contribution in [3.05, 3.63) is 29.6 Å². The Bertz CT molecular complexity index is 506. The Morgan fingerprint density at radius 2 is 2.05 bits per heavy atom. The second-order valence-corrected chi connectivity index (χ2v) is 6.29. The van der Waals surface area contributed by atoms with Crippen LogP contribution in [0.15, 0.2) is 18.3 Å². The fraction of sp³-hybridized carbons (Fsp3) is 0.562. The lowest BCUT2D eigenvalue weighted by atomic mass is 10.0. The first-order valence-electron chi connectivity index (χ1n) is 7.28. The van der Waals surface area contributed by atoms with Crippen molar-refractivity contribution in [1.29, 1.82) is 0 Å². The largest absolute Gasteiger partial charge is 0.481 e. The molecule has 0 aliphatic carbocycles. The van der Waals surface area contributed by atoms with E-state index in [1.165, 1.54) is 0 Å². The summed E-state index contributed by atoms with van der Waals surface area (Å²) in [6.45, 7) is 7.23. The molecule has 0 spiro atoms. The molecule has 1 amide bonds. The molecule has 2 N–H and O–H groups in total. The summed E-state index contributed by atoms with van der Waals surface area (Å²) in [5.74, 6) is -0.891. The van der Waals surface area contributed by atoms with Gasteiger partial charge in [0.15, 0.2) is 0 Å². The minimum atomic E-state index is -0.891. The standard InChI is InChI=1S/C16H24N2O4/c1-11-5-6-12(10-17-11)9-13(7-8-14(19)20)18-15(21)22-16(2,3)4/h5-6,10,13H,7-9H2,1-4H3,(H,18,21)(H,19,20). The molecule has 6 heteroatoms. The third-order valence-corrected chi connectivity index (χ3v) is 2.88. The average Bonchev–Trinajstić information content (AvgIpc) is 2.36. The summed E-state index contributed by atoms with van der Waals surface area (Å²) in [7, 11) is 0. The zero-order valence-corrected chi connectivity index (χ0v) is 13.5. The van der Waals surface area contributed by atoms with Crippen LogP contribution in [0.25, 0.3) is 0 Å². The van der Waals surface area contributed by atoms with E-state index in [1.54, 1.807) is 27.0 Å². The van der Waals surface area contributed by atoms with Gasteiger partial charge < -0.3 is 15.2 Å². The Morgan fingerprint density at radius 1 is 1.36 bits per heavy atom. The molecule has 0 saturated carbocycles. The number of carboxylic acids is 1. The molecule has 1 rings (SSSR count). The molecule has 1 unspecified atom stereocenters. The van der Waals surface area contributed by atoms with Crippen molar-refractivity contribution in [2.45, 2.75) is 58.6 Å². The van der Waals surface area contributed by atoms with E-state index >= 15 is 0 Å². The second-order valence-electron chi connectivity index (χ2n) is 6.29. The number of hydrogen-bond acceptors (Lipinski definition) is 4. The van der Waals surface area contributed by atoms with Crippen LogP contribution < -0.4 is 5.32 Å². The maximum absolute atomic E-state index is 11.9. The molecule has 0 aromatic carbocycles. The van der Waals surface area contributed by atoms with Gasteiger partial charge in [-0.15, -0.1) is 0 Å². The van der Waals surface area contributed by atoms with Gasteiger partial charge in [-0.3, -0.25) is 9.78 Å². The summed E-state index contributed by atoms with van der Waals surface area (Å²) in [4.78, 5) is 26.8. The predicted octanol–water partition coefficient (Wildman–Crippen LogP) is 2.69. The Labute approximate surface area is 130 Å². The molecule has 1 atom stereocenters. The summed E-state index contributed by atoms with van der Waals surface area (Å²) in [6.07, 6.45) is 2.03. The summed E-state index contributed by atoms with van der Waals surface area (Å²) in [6, 6.07) is 3.50. The van der Waals surface area contributed by atoms with Crippen molar-refractivity contribution in [2.24, 2.45) is 0 Å². The normalized spacial score (nSPS) is 12.5. The van der Waals surface area contributed by atoms with Crippen LogP contribution in [0.2, 0.25) is 0 Å². The van der Waals surface area contributed by atoms with Gasteiger partial charge >= 0.3 is 12.1 Å². The van der Waals surface area contributed by atoms with E-state index in [9.17, 15) is 9.59 Å². The van der Waals surface area contributed by atoms with Crippen molar-refractivity contribution in [3.8, 4) is 0 Å². The van der Waals surface area contributed by atoms with Gasteiger partial charge in [-0.25, -0.2) is 4.79 Å². The van der Waals surface area contributed by atoms with Crippen LogP contribution in [0, 0.1) is 6.92 Å². The number of carbonyl (C=O) groups excluding carboxylic acids is 1. The maximum atomic E-state index is 11.9. The fourth-order valence-electron chi connectivity index (χ4n) is 1.90. The molecule has 1 aromatic heterocycles. The van der Waals surface area contributed by atoms with Gasteiger partial charge in [0.2, 0.25) is 0 Å². The number of nitrogens with one attached hydrogen (secondary N) is 1. The van der Waals surface area contributed by atoms with Gasteiger partial charge in [0.1, 0.15) is 5.60 Å². The number of ether oxygens (including phenoxy) is 1. The first-order valence-corrected chi connectivity index (χ1v) is 7.28. The number of hydrogen-bond donors (Lipinski definition) is 2. The van der Waals surface area contributed by atoms with Crippen molar-refractivity contribution < 1.29 is 19.4 Å². The lowest BCUT2D eigenvalue weighted by molar-refractivity contribution is -0.137. The summed E-state index contributed by atoms with van der Waals surface area (Å²) in [5.41, 5.74) is 1.26. The van der Waals surface area contributed by atoms with E-state index in [-0.39, 0.29) is 12.5 Å². The minimum absolute atomic E-state index is 0.0141. The molecule has 0 fully saturated rings. The Hall–Kier alpha value is -2.11. The van der Waals surface area contributed by atoms with Gasteiger partial charge in [-0.2, -0.15) is 0 Å². The van der Waals surface area contributed by atoms with Gasteiger partial charge in [-0.05, 0) is 52.2 Å². The number of amides is 1. The molecule has 0 radical (unpaired) electrons. The molecule has 0 aliphatic heterocycles. The fourth-order valence-corrected chi connectivity index (χ4v) is 1.90. The van der Waals surface area contributed by atoms with Crippen LogP contribution in [0.4, 0.5) is 4.79 Å². The monoisotopic (exact) mass is 308 g/mol. The van der Waals surface area contributed by atoms with Crippen LogP contribution in [0.1, 0.15) is 44.9 Å². The summed E-state index contributed by atoms with van der Waals surface area (Å²) >= 11 is 0. The van der Waals surface area contributed by atoms with Gasteiger partial charge in [-0.1, -0.05) is 6.07 Å². The van der Waals surface area contributed by atoms with E-state index in [4.69, 9.17) is 9.84 Å². The minimum Gasteiger partial charge on any atom is -0.481 e. The van der Waals surface area contributed by atoms with Crippen molar-refractivity contribution >= 4 is 12.1 Å². The summed E-state index contributed by atoms with van der Waals surface area (Å²) < 4.78 is 5.22. The van der Waals surface area contributed by atoms with Gasteiger partial charge in [0.05, 0.1) is 0 Å². The number of pyridine rings is 1. The van der Waals surface area contributed by atoms with Gasteiger partial charge in [0, 0.05) is 24.4 Å². The van der Waals surface area contributed by atoms with Crippen LogP contribution in [-0.2, 0) is 16.0 Å². The molecule has 122 valence electrons. The topological polar surface area (TPSA) is 88.5 Å². The van der Waals surface area contributed by atoms with E-state index in [1.807, 2.05) is 19.1 Å². The molecule has 22 heavy (non-hydrogen) atoms. The van der Waals surface area contributed by atoms with Crippen molar-refractivity contribution in [1.82, 2.24) is 10.3 Å². The van der Waals surface area contributed by atoms with Crippen LogP contribution in [0.5, 0.6) is 0 Å². The molecule has 0 bridgehead atoms. The molecular weight excluding hydrogens is 284 g/mol. The average molecular weight is 308 g/mol. The number of aryl methyl sites for hydroxylation is 1. The van der Waals surface area contributed by atoms with Crippen LogP contribution >= 0.6 is 0 Å². The molecule has 6 nitrogen and oxygen atoms in total. The summed E-state index contributed by atoms with van der Waals surface area (Å²) in [5, 5.41) is 11.6. The lowest BCUT2D eigenvalue weighted by Gasteiger charge is -2.23. The second kappa shape index (κ2) is 7.77. The maximum Gasteiger partial charge on any atom is 0.407 e. The van der Waals surface area contributed by atoms with Crippen molar-refractivity contribution in [3.63, 3.8) is 0 Å². The van der Waals surface area contributed by atoms with Gasteiger partial charge in [0.25, 0.3) is 0 Å². The molecule has 1 heterocycles. The third-order valence-electron chi connectivity index (χ3n) is 2.88. The zero-order valence-electron chi connectivity index (χ0n) is 13.5. The first kappa shape index (κ1) is 17.9. The first-order chi connectivity index (χ1) is 10.2. The van der Waals surface area contributed by atoms with E-state index in [0.29, 0.717) is 12.8 Å². The smallest absolute Gasteiger partial charge is 0.407 e. The highest BCUT2D eigenvalue weighted by Crippen LogP contribution is 2.11. The third kappa shape index (κ3) is 7.61. The highest BCUT2D eigenvalue weighted by molar-refractivity contribution is 5.69. The number of alkyl carbamates (subject to hydrolysis) is 1. The number of carboxylic acid groups (broad SMARTS) is 1. The lowest BCUT2D eigenvalue weighted by Crippen LogP contribution is -2.40. The number of carbonyl (C=O) groups is 2. The van der Waals surface area contributed by atoms with Crippen LogP contribution in [0.3, 0.4) is 0 Å². The molecule has 0 aliphatic rings. The van der Waals surface area contributed by atoms with E-state index in [0.717, 1.165) is 11.3 Å². The number of aliphatic carboxylic acids is 1. The Balaban J connectivity index is 2.68. The number of nitrogens with zero attached hydrogens (tertiary/aromatic N) is 1. The number of aromatic nitrogens is 1. The van der Waals surface area contributed by atoms with Crippen molar-refractivity contribution in [2.75, 3.05) is 0 Å². The van der Waals surface area contributed by atoms with E-state index < -0.39 is 17.7 Å². The molecular formula is C16H24N2O4. The van der Waals surface area contributed by atoms with Crippen LogP contribution in [-0.4, -0.2) is 33.8 Å². The highest BCUT2D eigenvalue weighted by atomic mass is 16.6. The zero-order chi connectivity index (χ0) is 16.8. The molecule has 1 aromatic rings. The molecule has 0 saturated heterocycles. The highest BCUT2D eigenvalue weighted by Gasteiger charge is 2.20. The van der Waals surface area contributed by atoms with E-state index in [2.05, 4.69) is 10.3 Å². The quantitative estimate of drug-likeness (QED) is 0.843.